The number of carbonyl (C=O) groups is 1. The number of carbonyl (C=O) groups excluding carboxylic acids is 1. The van der Waals surface area contributed by atoms with Crippen LogP contribution >= 0.6 is 0 Å². The Morgan fingerprint density at radius 3 is 2.72 bits per heavy atom. The average Bonchev–Trinajstić information content (AvgIpc) is 3.19. The first-order chi connectivity index (χ1) is 17.2. The number of aromatic nitrogens is 4. The molecule has 0 spiro atoms. The van der Waals surface area contributed by atoms with Crippen molar-refractivity contribution in [3.8, 4) is 0 Å². The van der Waals surface area contributed by atoms with Gasteiger partial charge in [-0.25, -0.2) is 9.97 Å². The summed E-state index contributed by atoms with van der Waals surface area (Å²) in [5, 5.41) is 6.48. The number of pyridine rings is 2. The number of alkyl halides is 3. The molecule has 3 aromatic rings. The van der Waals surface area contributed by atoms with Crippen LogP contribution in [-0.2, 0) is 19.1 Å². The molecular formula is C25H26F3N7O. The summed E-state index contributed by atoms with van der Waals surface area (Å²) in [6, 6.07) is 5.09. The molecule has 3 N–H and O–H groups in total. The Labute approximate surface area is 205 Å². The molecule has 1 amide bonds. The Balaban J connectivity index is 1.22. The maximum absolute atomic E-state index is 13.8. The van der Waals surface area contributed by atoms with Gasteiger partial charge < -0.3 is 16.0 Å². The Kier molecular flexibility index (Phi) is 5.20. The minimum absolute atomic E-state index is 0.0786. The van der Waals surface area contributed by atoms with E-state index >= 15 is 0 Å². The number of hydrogen-bond donors (Lipinski definition) is 2. The predicted molar refractivity (Wildman–Crippen MR) is 126 cm³/mol. The molecule has 0 aromatic carbocycles. The Morgan fingerprint density at radius 1 is 1.22 bits per heavy atom. The topological polar surface area (TPSA) is 102 Å². The average molecular weight is 498 g/mol. The van der Waals surface area contributed by atoms with Gasteiger partial charge in [0.15, 0.2) is 5.69 Å². The second-order valence-corrected chi connectivity index (χ2v) is 9.99. The summed E-state index contributed by atoms with van der Waals surface area (Å²) in [7, 11) is 0. The van der Waals surface area contributed by atoms with Gasteiger partial charge >= 0.3 is 6.18 Å². The number of amides is 1. The third kappa shape index (κ3) is 4.06. The zero-order valence-electron chi connectivity index (χ0n) is 19.7. The number of rotatable bonds is 5. The minimum Gasteiger partial charge on any atom is -0.383 e. The van der Waals surface area contributed by atoms with Gasteiger partial charge in [0.2, 0.25) is 0 Å². The summed E-state index contributed by atoms with van der Waals surface area (Å²) in [5.74, 6) is 2.00. The van der Waals surface area contributed by atoms with Crippen molar-refractivity contribution in [1.82, 2.24) is 25.1 Å². The first-order valence-electron chi connectivity index (χ1n) is 12.1. The first-order valence-corrected chi connectivity index (χ1v) is 12.1. The number of nitrogen functional groups attached to an aromatic ring is 1. The molecule has 4 heterocycles. The highest BCUT2D eigenvalue weighted by Crippen LogP contribution is 2.46. The lowest BCUT2D eigenvalue weighted by Crippen LogP contribution is -2.28. The molecule has 6 rings (SSSR count). The summed E-state index contributed by atoms with van der Waals surface area (Å²) in [5.41, 5.74) is 7.29. The Morgan fingerprint density at radius 2 is 2.00 bits per heavy atom. The molecule has 1 saturated carbocycles. The number of nitrogens with zero attached hydrogens (tertiary/aromatic N) is 5. The summed E-state index contributed by atoms with van der Waals surface area (Å²) in [6.07, 6.45) is 0.368. The van der Waals surface area contributed by atoms with Gasteiger partial charge in [0.1, 0.15) is 11.6 Å². The molecule has 0 bridgehead atoms. The molecule has 36 heavy (non-hydrogen) atoms. The molecule has 188 valence electrons. The van der Waals surface area contributed by atoms with Gasteiger partial charge in [-0.2, -0.15) is 18.3 Å². The molecule has 1 saturated heterocycles. The van der Waals surface area contributed by atoms with Crippen LogP contribution in [0.4, 0.5) is 24.8 Å². The van der Waals surface area contributed by atoms with Gasteiger partial charge in [0.05, 0.1) is 18.2 Å². The van der Waals surface area contributed by atoms with Gasteiger partial charge in [0, 0.05) is 31.2 Å². The largest absolute Gasteiger partial charge is 0.435 e. The van der Waals surface area contributed by atoms with E-state index in [-0.39, 0.29) is 6.54 Å². The number of aryl methyl sites for hydroxylation is 1. The monoisotopic (exact) mass is 497 g/mol. The predicted octanol–water partition coefficient (Wildman–Crippen LogP) is 3.50. The van der Waals surface area contributed by atoms with Crippen LogP contribution in [0.1, 0.15) is 57.3 Å². The third-order valence-electron chi connectivity index (χ3n) is 7.58. The van der Waals surface area contributed by atoms with Crippen LogP contribution in [0.25, 0.3) is 0 Å². The molecule has 2 fully saturated rings. The molecule has 2 unspecified atom stereocenters. The van der Waals surface area contributed by atoms with E-state index in [9.17, 15) is 18.0 Å². The van der Waals surface area contributed by atoms with E-state index in [0.29, 0.717) is 18.7 Å². The molecule has 3 aliphatic rings. The van der Waals surface area contributed by atoms with E-state index in [1.54, 1.807) is 6.07 Å². The van der Waals surface area contributed by atoms with Gasteiger partial charge in [-0.05, 0) is 66.8 Å². The zero-order chi connectivity index (χ0) is 25.2. The van der Waals surface area contributed by atoms with Crippen LogP contribution in [0.5, 0.6) is 0 Å². The van der Waals surface area contributed by atoms with Crippen LogP contribution in [0, 0.1) is 18.8 Å². The van der Waals surface area contributed by atoms with Crippen molar-refractivity contribution in [3.05, 3.63) is 64.2 Å². The van der Waals surface area contributed by atoms with Crippen molar-refractivity contribution in [2.75, 3.05) is 23.7 Å². The maximum Gasteiger partial charge on any atom is 0.435 e. The molecule has 0 radical (unpaired) electrons. The summed E-state index contributed by atoms with van der Waals surface area (Å²) >= 11 is 0. The van der Waals surface area contributed by atoms with Crippen molar-refractivity contribution in [3.63, 3.8) is 0 Å². The van der Waals surface area contributed by atoms with E-state index < -0.39 is 29.4 Å². The molecule has 11 heteroatoms. The normalized spacial score (nSPS) is 22.4. The van der Waals surface area contributed by atoms with Crippen molar-refractivity contribution >= 4 is 17.5 Å². The number of piperidine rings is 1. The summed E-state index contributed by atoms with van der Waals surface area (Å²) in [6.45, 7) is 3.94. The number of nitrogens with two attached hydrogens (primary N) is 1. The second kappa shape index (κ2) is 8.21. The van der Waals surface area contributed by atoms with E-state index in [1.807, 2.05) is 19.1 Å². The first kappa shape index (κ1) is 22.8. The van der Waals surface area contributed by atoms with E-state index in [2.05, 4.69) is 25.3 Å². The smallest absolute Gasteiger partial charge is 0.383 e. The number of halogens is 3. The van der Waals surface area contributed by atoms with Gasteiger partial charge in [-0.15, -0.1) is 0 Å². The van der Waals surface area contributed by atoms with Gasteiger partial charge in [-0.3, -0.25) is 9.48 Å². The number of fused-ring (bicyclic) bond motifs is 2. The van der Waals surface area contributed by atoms with E-state index in [4.69, 9.17) is 5.73 Å². The molecule has 8 nitrogen and oxygen atoms in total. The summed E-state index contributed by atoms with van der Waals surface area (Å²) in [4.78, 5) is 24.0. The van der Waals surface area contributed by atoms with E-state index in [0.717, 1.165) is 64.0 Å². The minimum atomic E-state index is -4.77. The van der Waals surface area contributed by atoms with Crippen LogP contribution in [0.2, 0.25) is 0 Å². The molecule has 3 atom stereocenters. The Bertz CT molecular complexity index is 1340. The van der Waals surface area contributed by atoms with Gasteiger partial charge in [-0.1, -0.05) is 6.07 Å². The highest BCUT2D eigenvalue weighted by Gasteiger charge is 2.45. The lowest BCUT2D eigenvalue weighted by atomic mass is 10.1. The van der Waals surface area contributed by atoms with Crippen LogP contribution in [0.15, 0.2) is 30.6 Å². The SMILES string of the molecule is Cc1nc(N2CC3CC3C2)ccc1Cn1cc(C(=O)N[C@@H]2CCc3c2ccnc3N)c(C(F)(F)F)n1. The standard InChI is InChI=1S/C25H26F3N7O/c1-13-14(2-5-21(31-13)34-9-15-8-16(15)10-34)11-35-12-19(22(33-35)25(26,27)28)24(36)32-20-4-3-18-17(20)6-7-30-23(18)29/h2,5-7,12,15-16,20H,3-4,8-11H2,1H3,(H2,29,30)(H,32,36)/t15?,16?,20-/m1/s1. The quantitative estimate of drug-likeness (QED) is 0.560. The van der Waals surface area contributed by atoms with E-state index in [1.165, 1.54) is 12.6 Å². The summed E-state index contributed by atoms with van der Waals surface area (Å²) < 4.78 is 42.6. The van der Waals surface area contributed by atoms with Crippen LogP contribution in [0.3, 0.4) is 0 Å². The zero-order valence-corrected chi connectivity index (χ0v) is 19.7. The van der Waals surface area contributed by atoms with Crippen molar-refractivity contribution in [2.45, 2.75) is 44.9 Å². The fourth-order valence-electron chi connectivity index (χ4n) is 5.51. The maximum atomic E-state index is 13.8. The second-order valence-electron chi connectivity index (χ2n) is 9.99. The van der Waals surface area contributed by atoms with Crippen LogP contribution in [-0.4, -0.2) is 38.7 Å². The number of anilines is 2. The number of nitrogens with one attached hydrogen (secondary N) is 1. The van der Waals surface area contributed by atoms with Crippen molar-refractivity contribution in [1.29, 1.82) is 0 Å². The van der Waals surface area contributed by atoms with Crippen LogP contribution < -0.4 is 16.0 Å². The third-order valence-corrected chi connectivity index (χ3v) is 7.58. The Hall–Kier alpha value is -3.63. The van der Waals surface area contributed by atoms with Crippen molar-refractivity contribution in [2.24, 2.45) is 11.8 Å². The lowest BCUT2D eigenvalue weighted by molar-refractivity contribution is -0.141. The molecule has 2 aliphatic carbocycles. The highest BCUT2D eigenvalue weighted by molar-refractivity contribution is 5.95. The number of hydrogen-bond acceptors (Lipinski definition) is 6. The lowest BCUT2D eigenvalue weighted by Gasteiger charge is -2.20. The highest BCUT2D eigenvalue weighted by atomic mass is 19.4. The fraction of sp³-hybridized carbons (Fsp3) is 0.440. The molecule has 1 aliphatic heterocycles. The van der Waals surface area contributed by atoms with Gasteiger partial charge in [0.25, 0.3) is 5.91 Å². The molecule has 3 aromatic heterocycles. The fourth-order valence-corrected chi connectivity index (χ4v) is 5.51. The molecular weight excluding hydrogens is 471 g/mol. The van der Waals surface area contributed by atoms with Crippen molar-refractivity contribution < 1.29 is 18.0 Å².